The van der Waals surface area contributed by atoms with Crippen LogP contribution in [0, 0.1) is 15.9 Å². The third kappa shape index (κ3) is 3.48. The Kier molecular flexibility index (Phi) is 4.44. The molecule has 2 rings (SSSR count). The number of nitrogens with one attached hydrogen (secondary N) is 1. The maximum absolute atomic E-state index is 13.8. The van der Waals surface area contributed by atoms with Crippen molar-refractivity contribution in [3.8, 4) is 0 Å². The summed E-state index contributed by atoms with van der Waals surface area (Å²) in [6.07, 6.45) is 2.09. The molecule has 1 aromatic rings. The molecule has 0 bridgehead atoms. The second kappa shape index (κ2) is 6.08. The zero-order chi connectivity index (χ0) is 13.8. The minimum absolute atomic E-state index is 0.199. The van der Waals surface area contributed by atoms with Crippen LogP contribution in [0.3, 0.4) is 0 Å². The number of benzene rings is 1. The van der Waals surface area contributed by atoms with Gasteiger partial charge in [0.25, 0.3) is 5.69 Å². The van der Waals surface area contributed by atoms with Gasteiger partial charge in [-0.05, 0) is 39.0 Å². The molecule has 0 aromatic heterocycles. The topological polar surface area (TPSA) is 58.4 Å². The van der Waals surface area contributed by atoms with Crippen molar-refractivity contribution in [2.24, 2.45) is 0 Å². The number of nitrogens with zero attached hydrogens (tertiary/aromatic N) is 2. The molecule has 1 aliphatic rings. The molecule has 19 heavy (non-hydrogen) atoms. The molecule has 0 spiro atoms. The van der Waals surface area contributed by atoms with Gasteiger partial charge in [-0.15, -0.1) is 0 Å². The monoisotopic (exact) mass is 267 g/mol. The number of halogens is 1. The number of likely N-dealkylation sites (tertiary alicyclic amines) is 1. The fraction of sp³-hybridized carbons (Fsp3) is 0.538. The molecule has 0 unspecified atom stereocenters. The lowest BCUT2D eigenvalue weighted by Gasteiger charge is -2.31. The Labute approximate surface area is 111 Å². The van der Waals surface area contributed by atoms with Gasteiger partial charge >= 0.3 is 0 Å². The average Bonchev–Trinajstić information content (AvgIpc) is 2.41. The summed E-state index contributed by atoms with van der Waals surface area (Å²) in [5.74, 6) is -0.495. The van der Waals surface area contributed by atoms with Gasteiger partial charge in [-0.25, -0.2) is 4.39 Å². The summed E-state index contributed by atoms with van der Waals surface area (Å²) >= 11 is 0. The van der Waals surface area contributed by atoms with E-state index in [2.05, 4.69) is 10.2 Å². The zero-order valence-electron chi connectivity index (χ0n) is 10.9. The average molecular weight is 267 g/mol. The number of non-ortho nitro benzene ring substituents is 1. The molecule has 1 fully saturated rings. The molecule has 5 nitrogen and oxygen atoms in total. The van der Waals surface area contributed by atoms with Crippen LogP contribution in [-0.4, -0.2) is 36.0 Å². The van der Waals surface area contributed by atoms with Crippen molar-refractivity contribution in [3.63, 3.8) is 0 Å². The van der Waals surface area contributed by atoms with Crippen LogP contribution < -0.4 is 5.32 Å². The highest BCUT2D eigenvalue weighted by molar-refractivity contribution is 5.34. The van der Waals surface area contributed by atoms with E-state index in [0.717, 1.165) is 32.0 Å². The highest BCUT2D eigenvalue weighted by atomic mass is 19.1. The van der Waals surface area contributed by atoms with Gasteiger partial charge in [-0.1, -0.05) is 0 Å². The van der Waals surface area contributed by atoms with E-state index >= 15 is 0 Å². The lowest BCUT2D eigenvalue weighted by molar-refractivity contribution is -0.385. The Hall–Kier alpha value is -1.53. The zero-order valence-corrected chi connectivity index (χ0v) is 10.9. The number of rotatable bonds is 4. The Bertz CT molecular complexity index is 459. The highest BCUT2D eigenvalue weighted by Gasteiger charge is 2.19. The SMILES string of the molecule is CNC1CCN(Cc2ccc([N+](=O)[O-])cc2F)CC1. The maximum Gasteiger partial charge on any atom is 0.272 e. The fourth-order valence-electron chi connectivity index (χ4n) is 2.40. The van der Waals surface area contributed by atoms with Gasteiger partial charge in [-0.2, -0.15) is 0 Å². The van der Waals surface area contributed by atoms with E-state index in [1.54, 1.807) is 0 Å². The van der Waals surface area contributed by atoms with Crippen molar-refractivity contribution < 1.29 is 9.31 Å². The van der Waals surface area contributed by atoms with Gasteiger partial charge in [0.1, 0.15) is 5.82 Å². The number of hydrogen-bond donors (Lipinski definition) is 1. The van der Waals surface area contributed by atoms with Crippen LogP contribution in [0.2, 0.25) is 0 Å². The first-order chi connectivity index (χ1) is 9.10. The van der Waals surface area contributed by atoms with Gasteiger partial charge in [-0.3, -0.25) is 15.0 Å². The third-order valence-corrected chi connectivity index (χ3v) is 3.64. The van der Waals surface area contributed by atoms with E-state index in [4.69, 9.17) is 0 Å². The molecular weight excluding hydrogens is 249 g/mol. The van der Waals surface area contributed by atoms with Crippen LogP contribution in [0.25, 0.3) is 0 Å². The molecule has 0 atom stereocenters. The summed E-state index contributed by atoms with van der Waals surface area (Å²) in [6, 6.07) is 4.41. The highest BCUT2D eigenvalue weighted by Crippen LogP contribution is 2.19. The molecule has 0 radical (unpaired) electrons. The first-order valence-electron chi connectivity index (χ1n) is 6.42. The van der Waals surface area contributed by atoms with E-state index < -0.39 is 10.7 Å². The van der Waals surface area contributed by atoms with Gasteiger partial charge < -0.3 is 5.32 Å². The molecule has 1 aliphatic heterocycles. The van der Waals surface area contributed by atoms with Gasteiger partial charge in [0, 0.05) is 24.2 Å². The lowest BCUT2D eigenvalue weighted by atomic mass is 10.0. The van der Waals surface area contributed by atoms with E-state index in [9.17, 15) is 14.5 Å². The predicted molar refractivity (Wildman–Crippen MR) is 70.4 cm³/mol. The van der Waals surface area contributed by atoms with Gasteiger partial charge in [0.2, 0.25) is 0 Å². The third-order valence-electron chi connectivity index (χ3n) is 3.64. The van der Waals surface area contributed by atoms with Gasteiger partial charge in [0.05, 0.1) is 11.0 Å². The molecule has 0 saturated carbocycles. The smallest absolute Gasteiger partial charge is 0.272 e. The second-order valence-electron chi connectivity index (χ2n) is 4.87. The van der Waals surface area contributed by atoms with Crippen molar-refractivity contribution in [3.05, 3.63) is 39.7 Å². The van der Waals surface area contributed by atoms with Crippen molar-refractivity contribution in [2.75, 3.05) is 20.1 Å². The van der Waals surface area contributed by atoms with Crippen molar-refractivity contribution in [1.29, 1.82) is 0 Å². The maximum atomic E-state index is 13.8. The van der Waals surface area contributed by atoms with Crippen LogP contribution in [0.4, 0.5) is 10.1 Å². The van der Waals surface area contributed by atoms with Crippen LogP contribution in [0.1, 0.15) is 18.4 Å². The minimum atomic E-state index is -0.578. The van der Waals surface area contributed by atoms with Crippen LogP contribution in [-0.2, 0) is 6.54 Å². The van der Waals surface area contributed by atoms with Crippen molar-refractivity contribution in [1.82, 2.24) is 10.2 Å². The first kappa shape index (κ1) is 13.9. The summed E-state index contributed by atoms with van der Waals surface area (Å²) < 4.78 is 13.8. The predicted octanol–water partition coefficient (Wildman–Crippen LogP) is 1.92. The Morgan fingerprint density at radius 2 is 2.16 bits per heavy atom. The Morgan fingerprint density at radius 3 is 2.68 bits per heavy atom. The fourth-order valence-corrected chi connectivity index (χ4v) is 2.40. The molecule has 0 amide bonds. The first-order valence-corrected chi connectivity index (χ1v) is 6.42. The summed E-state index contributed by atoms with van der Waals surface area (Å²) in [6.45, 7) is 2.35. The number of hydrogen-bond acceptors (Lipinski definition) is 4. The van der Waals surface area contributed by atoms with Crippen LogP contribution in [0.15, 0.2) is 18.2 Å². The second-order valence-corrected chi connectivity index (χ2v) is 4.87. The molecule has 0 aliphatic carbocycles. The number of nitro benzene ring substituents is 1. The summed E-state index contributed by atoms with van der Waals surface area (Å²) in [5.41, 5.74) is 0.323. The largest absolute Gasteiger partial charge is 0.317 e. The Balaban J connectivity index is 1.98. The Morgan fingerprint density at radius 1 is 1.47 bits per heavy atom. The summed E-state index contributed by atoms with van der Waals surface area (Å²) in [7, 11) is 1.95. The standard InChI is InChI=1S/C13H18FN3O2/c1-15-11-4-6-16(7-5-11)9-10-2-3-12(17(18)19)8-13(10)14/h2-3,8,11,15H,4-7,9H2,1H3. The molecule has 1 saturated heterocycles. The molecule has 6 heteroatoms. The normalized spacial score (nSPS) is 17.6. The van der Waals surface area contributed by atoms with Crippen molar-refractivity contribution >= 4 is 5.69 Å². The lowest BCUT2D eigenvalue weighted by Crippen LogP contribution is -2.40. The molecule has 1 aromatic carbocycles. The molecular formula is C13H18FN3O2. The quantitative estimate of drug-likeness (QED) is 0.669. The summed E-state index contributed by atoms with van der Waals surface area (Å²) in [5, 5.41) is 13.8. The van der Waals surface area contributed by atoms with Gasteiger partial charge in [0.15, 0.2) is 0 Å². The number of nitro groups is 1. The van der Waals surface area contributed by atoms with Crippen LogP contribution >= 0.6 is 0 Å². The van der Waals surface area contributed by atoms with E-state index in [1.165, 1.54) is 12.1 Å². The molecule has 1 N–H and O–H groups in total. The van der Waals surface area contributed by atoms with Crippen LogP contribution in [0.5, 0.6) is 0 Å². The van der Waals surface area contributed by atoms with E-state index in [0.29, 0.717) is 18.2 Å². The van der Waals surface area contributed by atoms with E-state index in [1.807, 2.05) is 7.05 Å². The minimum Gasteiger partial charge on any atom is -0.317 e. The van der Waals surface area contributed by atoms with E-state index in [-0.39, 0.29) is 5.69 Å². The molecule has 1 heterocycles. The number of piperidine rings is 1. The molecule has 104 valence electrons. The summed E-state index contributed by atoms with van der Waals surface area (Å²) in [4.78, 5) is 12.1. The van der Waals surface area contributed by atoms with Crippen molar-refractivity contribution in [2.45, 2.75) is 25.4 Å².